The van der Waals surface area contributed by atoms with Gasteiger partial charge in [0.15, 0.2) is 0 Å². The number of aromatic nitrogens is 3. The zero-order valence-electron chi connectivity index (χ0n) is 13.5. The minimum atomic E-state index is -3.47. The van der Waals surface area contributed by atoms with E-state index in [-0.39, 0.29) is 18.9 Å². The molecule has 0 bridgehead atoms. The van der Waals surface area contributed by atoms with Crippen LogP contribution in [-0.4, -0.2) is 45.3 Å². The number of nitrogens with zero attached hydrogens (tertiary/aromatic N) is 3. The monoisotopic (exact) mass is 352 g/mol. The number of ether oxygens (including phenoxy) is 1. The zero-order chi connectivity index (χ0) is 16.7. The van der Waals surface area contributed by atoms with Crippen LogP contribution < -0.4 is 5.32 Å². The molecule has 2 aromatic rings. The van der Waals surface area contributed by atoms with E-state index in [0.717, 1.165) is 49.1 Å². The molecule has 2 aliphatic heterocycles. The normalized spacial score (nSPS) is 26.1. The highest BCUT2D eigenvalue weighted by atomic mass is 31.2. The van der Waals surface area contributed by atoms with E-state index in [1.54, 1.807) is 6.33 Å². The van der Waals surface area contributed by atoms with Gasteiger partial charge in [-0.2, -0.15) is 0 Å². The molecule has 24 heavy (non-hydrogen) atoms. The van der Waals surface area contributed by atoms with Crippen molar-refractivity contribution in [1.29, 1.82) is 0 Å². The lowest BCUT2D eigenvalue weighted by Gasteiger charge is -2.17. The first-order valence-electron chi connectivity index (χ1n) is 8.20. The highest BCUT2D eigenvalue weighted by Crippen LogP contribution is 2.40. The topological polar surface area (TPSA) is 98.5 Å². The molecule has 4 heterocycles. The molecule has 0 radical (unpaired) electrons. The van der Waals surface area contributed by atoms with Crippen LogP contribution in [0.2, 0.25) is 0 Å². The first-order chi connectivity index (χ1) is 11.5. The molecule has 0 amide bonds. The van der Waals surface area contributed by atoms with Crippen molar-refractivity contribution >= 4 is 24.4 Å². The molecule has 4 rings (SSSR count). The number of aryl methyl sites for hydroxylation is 1. The number of hydrogen-bond acceptors (Lipinski definition) is 6. The predicted molar refractivity (Wildman–Crippen MR) is 89.2 cm³/mol. The third-order valence-electron chi connectivity index (χ3n) is 4.50. The highest BCUT2D eigenvalue weighted by molar-refractivity contribution is 7.51. The number of hydrogen-bond donors (Lipinski definition) is 2. The van der Waals surface area contributed by atoms with E-state index in [1.807, 2.05) is 0 Å². The van der Waals surface area contributed by atoms with Crippen LogP contribution in [0, 0.1) is 0 Å². The second-order valence-electron chi connectivity index (χ2n) is 6.40. The molecule has 0 spiro atoms. The van der Waals surface area contributed by atoms with Gasteiger partial charge in [-0.3, -0.25) is 4.57 Å². The van der Waals surface area contributed by atoms with Crippen molar-refractivity contribution < 1.29 is 18.7 Å². The summed E-state index contributed by atoms with van der Waals surface area (Å²) in [6.07, 6.45) is 7.03. The molecule has 0 aromatic carbocycles. The summed E-state index contributed by atoms with van der Waals surface area (Å²) in [6.45, 7) is 2.24. The largest absolute Gasteiger partial charge is 0.369 e. The Morgan fingerprint density at radius 1 is 1.50 bits per heavy atom. The molecular weight excluding hydrogens is 331 g/mol. The minimum Gasteiger partial charge on any atom is -0.369 e. The van der Waals surface area contributed by atoms with Gasteiger partial charge in [0.05, 0.1) is 18.1 Å². The summed E-state index contributed by atoms with van der Waals surface area (Å²) >= 11 is 0. The molecule has 8 nitrogen and oxygen atoms in total. The van der Waals surface area contributed by atoms with Crippen LogP contribution in [-0.2, 0) is 20.2 Å². The molecule has 2 aromatic heterocycles. The molecule has 0 saturated carbocycles. The van der Waals surface area contributed by atoms with Crippen molar-refractivity contribution in [3.63, 3.8) is 0 Å². The van der Waals surface area contributed by atoms with Gasteiger partial charge in [0.25, 0.3) is 0 Å². The summed E-state index contributed by atoms with van der Waals surface area (Å²) in [5, 5.41) is 4.43. The minimum absolute atomic E-state index is 0.132. The fourth-order valence-electron chi connectivity index (χ4n) is 3.43. The van der Waals surface area contributed by atoms with Gasteiger partial charge in [-0.15, -0.1) is 0 Å². The molecule has 1 saturated heterocycles. The molecule has 1 unspecified atom stereocenters. The molecule has 1 fully saturated rings. The summed E-state index contributed by atoms with van der Waals surface area (Å²) in [6, 6.07) is 0. The molecular formula is C15H21N4O4P. The molecule has 130 valence electrons. The molecule has 9 heteroatoms. The fourth-order valence-corrected chi connectivity index (χ4v) is 3.87. The van der Waals surface area contributed by atoms with Crippen molar-refractivity contribution in [2.24, 2.45) is 0 Å². The maximum atomic E-state index is 11.3. The molecule has 2 N–H and O–H groups in total. The fraction of sp³-hybridized carbons (Fsp3) is 0.600. The van der Waals surface area contributed by atoms with Gasteiger partial charge in [0, 0.05) is 19.4 Å². The molecule has 0 aliphatic carbocycles. The van der Waals surface area contributed by atoms with Crippen LogP contribution in [0.4, 0.5) is 5.82 Å². The van der Waals surface area contributed by atoms with Gasteiger partial charge in [0.1, 0.15) is 24.0 Å². The van der Waals surface area contributed by atoms with E-state index in [0.29, 0.717) is 0 Å². The lowest BCUT2D eigenvalue weighted by atomic mass is 10.1. The zero-order valence-corrected chi connectivity index (χ0v) is 14.4. The Morgan fingerprint density at radius 3 is 3.21 bits per heavy atom. The van der Waals surface area contributed by atoms with E-state index in [4.69, 9.17) is 9.26 Å². The van der Waals surface area contributed by atoms with Gasteiger partial charge >= 0.3 is 7.60 Å². The van der Waals surface area contributed by atoms with E-state index < -0.39 is 7.60 Å². The van der Waals surface area contributed by atoms with Crippen LogP contribution in [0.25, 0.3) is 11.0 Å². The summed E-state index contributed by atoms with van der Waals surface area (Å²) < 4.78 is 24.4. The summed E-state index contributed by atoms with van der Waals surface area (Å²) in [7, 11) is -3.47. The van der Waals surface area contributed by atoms with Gasteiger partial charge in [-0.05, 0) is 31.2 Å². The summed E-state index contributed by atoms with van der Waals surface area (Å²) in [5.74, 6) is 0.885. The lowest BCUT2D eigenvalue weighted by Crippen LogP contribution is -2.16. The van der Waals surface area contributed by atoms with Crippen molar-refractivity contribution in [2.45, 2.75) is 38.0 Å². The maximum absolute atomic E-state index is 11.3. The van der Waals surface area contributed by atoms with Crippen molar-refractivity contribution in [3.8, 4) is 0 Å². The Labute approximate surface area is 139 Å². The molecule has 3 atom stereocenters. The van der Waals surface area contributed by atoms with Crippen LogP contribution in [0.3, 0.4) is 0 Å². The summed E-state index contributed by atoms with van der Waals surface area (Å²) in [4.78, 5) is 18.1. The SMILES string of the molecule is CP(=O)(O)OC[C@@H]1CC[C@H](n2cc3c4c(ncnc42)NCCC3)O1. The van der Waals surface area contributed by atoms with E-state index >= 15 is 0 Å². The Kier molecular flexibility index (Phi) is 4.08. The van der Waals surface area contributed by atoms with Gasteiger partial charge < -0.3 is 24.0 Å². The second kappa shape index (κ2) is 6.11. The highest BCUT2D eigenvalue weighted by Gasteiger charge is 2.30. The predicted octanol–water partition coefficient (Wildman–Crippen LogP) is 2.30. The van der Waals surface area contributed by atoms with Crippen LogP contribution in [0.15, 0.2) is 12.5 Å². The van der Waals surface area contributed by atoms with Crippen LogP contribution in [0.5, 0.6) is 0 Å². The quantitative estimate of drug-likeness (QED) is 0.815. The smallest absolute Gasteiger partial charge is 0.325 e. The third kappa shape index (κ3) is 3.07. The van der Waals surface area contributed by atoms with Crippen LogP contribution in [0.1, 0.15) is 31.1 Å². The van der Waals surface area contributed by atoms with Crippen molar-refractivity contribution in [3.05, 3.63) is 18.1 Å². The lowest BCUT2D eigenvalue weighted by molar-refractivity contribution is -0.0170. The average Bonchev–Trinajstić information content (AvgIpc) is 3.08. The summed E-state index contributed by atoms with van der Waals surface area (Å²) in [5.41, 5.74) is 2.11. The standard InChI is InChI=1S/C15H21N4O4P/c1-24(20,21)22-8-11-4-5-12(23-11)19-7-10-3-2-6-16-14-13(10)15(19)18-9-17-14/h7,9,11-12H,2-6,8H2,1H3,(H,20,21)(H,16,17,18)/t11-,12+/m0/s1. The molecule has 2 aliphatic rings. The van der Waals surface area contributed by atoms with E-state index in [1.165, 1.54) is 12.2 Å². The third-order valence-corrected chi connectivity index (χ3v) is 5.13. The Morgan fingerprint density at radius 2 is 2.38 bits per heavy atom. The maximum Gasteiger partial charge on any atom is 0.325 e. The first kappa shape index (κ1) is 16.0. The van der Waals surface area contributed by atoms with Gasteiger partial charge in [0.2, 0.25) is 0 Å². The van der Waals surface area contributed by atoms with Gasteiger partial charge in [-0.1, -0.05) is 0 Å². The number of nitrogens with one attached hydrogen (secondary N) is 1. The Hall–Kier alpha value is -1.47. The number of anilines is 1. The van der Waals surface area contributed by atoms with Crippen molar-refractivity contribution in [2.75, 3.05) is 25.1 Å². The van der Waals surface area contributed by atoms with E-state index in [9.17, 15) is 9.46 Å². The Bertz CT molecular complexity index is 802. The first-order valence-corrected chi connectivity index (χ1v) is 10.2. The van der Waals surface area contributed by atoms with E-state index in [2.05, 4.69) is 26.0 Å². The van der Waals surface area contributed by atoms with Gasteiger partial charge in [-0.25, -0.2) is 9.97 Å². The van der Waals surface area contributed by atoms with Crippen molar-refractivity contribution in [1.82, 2.24) is 14.5 Å². The van der Waals surface area contributed by atoms with Crippen LogP contribution >= 0.6 is 7.60 Å². The number of rotatable bonds is 4. The second-order valence-corrected chi connectivity index (χ2v) is 8.27. The Balaban J connectivity index is 1.58. The average molecular weight is 352 g/mol.